The van der Waals surface area contributed by atoms with Crippen molar-refractivity contribution in [3.05, 3.63) is 23.8 Å². The molecule has 0 bridgehead atoms. The quantitative estimate of drug-likeness (QED) is 0.628. The van der Waals surface area contributed by atoms with Crippen LogP contribution in [0.15, 0.2) is 18.2 Å². The number of phenolic OH excluding ortho intramolecular Hbond substituents is 2. The average Bonchev–Trinajstić information content (AvgIpc) is 2.06. The number of nitrogens with two attached hydrogens (primary N) is 1. The van der Waals surface area contributed by atoms with E-state index in [1.54, 1.807) is 12.1 Å². The van der Waals surface area contributed by atoms with E-state index in [0.29, 0.717) is 5.92 Å². The first-order valence-corrected chi connectivity index (χ1v) is 4.96. The van der Waals surface area contributed by atoms with Gasteiger partial charge in [-0.1, -0.05) is 12.5 Å². The lowest BCUT2D eigenvalue weighted by molar-refractivity contribution is 0.264. The molecule has 0 saturated heterocycles. The van der Waals surface area contributed by atoms with Gasteiger partial charge in [-0.05, 0) is 36.5 Å². The predicted octanol–water partition coefficient (Wildman–Crippen LogP) is 1.90. The molecule has 1 fully saturated rings. The van der Waals surface area contributed by atoms with Gasteiger partial charge in [-0.25, -0.2) is 0 Å². The molecule has 1 atom stereocenters. The molecule has 3 nitrogen and oxygen atoms in total. The molecule has 0 heterocycles. The molecule has 0 spiro atoms. The van der Waals surface area contributed by atoms with Gasteiger partial charge < -0.3 is 15.9 Å². The van der Waals surface area contributed by atoms with Crippen molar-refractivity contribution in [3.63, 3.8) is 0 Å². The van der Waals surface area contributed by atoms with E-state index in [1.165, 1.54) is 25.3 Å². The molecule has 3 heteroatoms. The summed E-state index contributed by atoms with van der Waals surface area (Å²) in [6.07, 6.45) is 3.59. The highest BCUT2D eigenvalue weighted by atomic mass is 16.3. The van der Waals surface area contributed by atoms with Crippen LogP contribution >= 0.6 is 0 Å². The largest absolute Gasteiger partial charge is 0.504 e. The number of rotatable bonds is 2. The Bertz CT molecular complexity index is 334. The average molecular weight is 193 g/mol. The highest BCUT2D eigenvalue weighted by molar-refractivity contribution is 5.41. The molecule has 14 heavy (non-hydrogen) atoms. The van der Waals surface area contributed by atoms with Crippen LogP contribution in [0.4, 0.5) is 0 Å². The molecule has 1 saturated carbocycles. The van der Waals surface area contributed by atoms with Crippen LogP contribution in [0, 0.1) is 5.92 Å². The summed E-state index contributed by atoms with van der Waals surface area (Å²) in [5.74, 6) is 0.366. The summed E-state index contributed by atoms with van der Waals surface area (Å²) in [6.45, 7) is 0. The molecule has 1 aliphatic carbocycles. The summed E-state index contributed by atoms with van der Waals surface area (Å²) in [5.41, 5.74) is 6.93. The van der Waals surface area contributed by atoms with E-state index in [-0.39, 0.29) is 17.5 Å². The molecule has 0 unspecified atom stereocenters. The Morgan fingerprint density at radius 1 is 1.21 bits per heavy atom. The summed E-state index contributed by atoms with van der Waals surface area (Å²) in [7, 11) is 0. The number of phenols is 2. The normalized spacial score (nSPS) is 18.9. The molecule has 76 valence electrons. The van der Waals surface area contributed by atoms with E-state index < -0.39 is 0 Å². The van der Waals surface area contributed by atoms with Crippen molar-refractivity contribution in [2.75, 3.05) is 0 Å². The van der Waals surface area contributed by atoms with Gasteiger partial charge in [0.1, 0.15) is 0 Å². The number of hydrogen-bond acceptors (Lipinski definition) is 3. The summed E-state index contributed by atoms with van der Waals surface area (Å²) >= 11 is 0. The third-order valence-electron chi connectivity index (χ3n) is 3.04. The SMILES string of the molecule is N[C@H](c1ccc(O)c(O)c1)C1CCC1. The molecule has 1 aromatic carbocycles. The van der Waals surface area contributed by atoms with Gasteiger partial charge >= 0.3 is 0 Å². The van der Waals surface area contributed by atoms with Crippen LogP contribution in [0.5, 0.6) is 11.5 Å². The third-order valence-corrected chi connectivity index (χ3v) is 3.04. The second-order valence-electron chi connectivity index (χ2n) is 3.96. The molecule has 0 aromatic heterocycles. The minimum Gasteiger partial charge on any atom is -0.504 e. The highest BCUT2D eigenvalue weighted by Gasteiger charge is 2.25. The van der Waals surface area contributed by atoms with Crippen LogP contribution in [0.25, 0.3) is 0 Å². The van der Waals surface area contributed by atoms with Gasteiger partial charge in [-0.15, -0.1) is 0 Å². The van der Waals surface area contributed by atoms with Crippen LogP contribution in [0.3, 0.4) is 0 Å². The Kier molecular flexibility index (Phi) is 2.33. The van der Waals surface area contributed by atoms with Crippen molar-refractivity contribution in [3.8, 4) is 11.5 Å². The van der Waals surface area contributed by atoms with Crippen molar-refractivity contribution in [2.24, 2.45) is 11.7 Å². The van der Waals surface area contributed by atoms with Crippen LogP contribution in [0.2, 0.25) is 0 Å². The number of benzene rings is 1. The minimum absolute atomic E-state index is 0.00440. The van der Waals surface area contributed by atoms with Gasteiger partial charge in [-0.2, -0.15) is 0 Å². The molecule has 4 N–H and O–H groups in total. The molecular weight excluding hydrogens is 178 g/mol. The number of hydrogen-bond donors (Lipinski definition) is 3. The summed E-state index contributed by atoms with van der Waals surface area (Å²) in [5, 5.41) is 18.5. The highest BCUT2D eigenvalue weighted by Crippen LogP contribution is 2.38. The smallest absolute Gasteiger partial charge is 0.157 e. The zero-order valence-electron chi connectivity index (χ0n) is 7.98. The second kappa shape index (κ2) is 3.50. The van der Waals surface area contributed by atoms with Gasteiger partial charge in [0.05, 0.1) is 0 Å². The van der Waals surface area contributed by atoms with Crippen molar-refractivity contribution < 1.29 is 10.2 Å². The van der Waals surface area contributed by atoms with Crippen molar-refractivity contribution in [1.29, 1.82) is 0 Å². The summed E-state index contributed by atoms with van der Waals surface area (Å²) in [6, 6.07) is 4.81. The lowest BCUT2D eigenvalue weighted by Crippen LogP contribution is -2.26. The maximum Gasteiger partial charge on any atom is 0.157 e. The molecule has 1 aromatic rings. The molecular formula is C11H15NO2. The van der Waals surface area contributed by atoms with E-state index >= 15 is 0 Å². The summed E-state index contributed by atoms with van der Waals surface area (Å²) < 4.78 is 0. The fourth-order valence-electron chi connectivity index (χ4n) is 1.82. The lowest BCUT2D eigenvalue weighted by atomic mass is 9.77. The Morgan fingerprint density at radius 2 is 1.93 bits per heavy atom. The van der Waals surface area contributed by atoms with Gasteiger partial charge in [0.25, 0.3) is 0 Å². The van der Waals surface area contributed by atoms with Gasteiger partial charge in [0, 0.05) is 6.04 Å². The van der Waals surface area contributed by atoms with Crippen molar-refractivity contribution >= 4 is 0 Å². The van der Waals surface area contributed by atoms with Crippen LogP contribution in [-0.2, 0) is 0 Å². The van der Waals surface area contributed by atoms with E-state index in [1.807, 2.05) is 0 Å². The first kappa shape index (κ1) is 9.34. The van der Waals surface area contributed by atoms with Gasteiger partial charge in [-0.3, -0.25) is 0 Å². The van der Waals surface area contributed by atoms with E-state index in [4.69, 9.17) is 10.8 Å². The predicted molar refractivity (Wildman–Crippen MR) is 54.0 cm³/mol. The zero-order chi connectivity index (χ0) is 10.1. The molecule has 0 radical (unpaired) electrons. The van der Waals surface area contributed by atoms with Crippen LogP contribution < -0.4 is 5.73 Å². The zero-order valence-corrected chi connectivity index (χ0v) is 7.98. The maximum atomic E-state index is 9.32. The van der Waals surface area contributed by atoms with E-state index in [2.05, 4.69) is 0 Å². The Labute approximate surface area is 83.2 Å². The molecule has 0 amide bonds. The van der Waals surface area contributed by atoms with E-state index in [0.717, 1.165) is 5.56 Å². The van der Waals surface area contributed by atoms with Crippen LogP contribution in [-0.4, -0.2) is 10.2 Å². The van der Waals surface area contributed by atoms with Crippen LogP contribution in [0.1, 0.15) is 30.9 Å². The fraction of sp³-hybridized carbons (Fsp3) is 0.455. The first-order chi connectivity index (χ1) is 6.68. The minimum atomic E-state index is -0.0884. The Balaban J connectivity index is 2.18. The molecule has 2 rings (SSSR count). The van der Waals surface area contributed by atoms with Gasteiger partial charge in [0.2, 0.25) is 0 Å². The van der Waals surface area contributed by atoms with Gasteiger partial charge in [0.15, 0.2) is 11.5 Å². The fourth-order valence-corrected chi connectivity index (χ4v) is 1.82. The second-order valence-corrected chi connectivity index (χ2v) is 3.96. The Hall–Kier alpha value is -1.22. The van der Waals surface area contributed by atoms with E-state index in [9.17, 15) is 5.11 Å². The maximum absolute atomic E-state index is 9.32. The molecule has 0 aliphatic heterocycles. The topological polar surface area (TPSA) is 66.5 Å². The first-order valence-electron chi connectivity index (χ1n) is 4.96. The monoisotopic (exact) mass is 193 g/mol. The Morgan fingerprint density at radius 3 is 2.43 bits per heavy atom. The number of aromatic hydroxyl groups is 2. The van der Waals surface area contributed by atoms with Crippen molar-refractivity contribution in [2.45, 2.75) is 25.3 Å². The lowest BCUT2D eigenvalue weighted by Gasteiger charge is -2.31. The standard InChI is InChI=1S/C11H15NO2/c12-11(7-2-1-3-7)8-4-5-9(13)10(14)6-8/h4-7,11,13-14H,1-3,12H2/t11-/m0/s1. The third kappa shape index (κ3) is 1.55. The molecule has 1 aliphatic rings. The summed E-state index contributed by atoms with van der Waals surface area (Å²) in [4.78, 5) is 0. The van der Waals surface area contributed by atoms with Crippen molar-refractivity contribution in [1.82, 2.24) is 0 Å².